The van der Waals surface area contributed by atoms with Gasteiger partial charge >= 0.3 is 0 Å². The van der Waals surface area contributed by atoms with Gasteiger partial charge in [0, 0.05) is 29.4 Å². The number of nitrogens with one attached hydrogen (secondary N) is 2. The standard InChI is InChI=1S/C25H23ClN4O3S/c26-19-9-4-10-20(14-19)27-25(31)18-8-5-13-30(16-18)34(32,33)21-11-12-22-23(15-21)29-24(28-22)17-6-2-1-3-7-17/h1-4,6-7,9-12,14-15,18H,5,8,13,16H2,(H,27,31)(H,28,29)/t18-/m1/s1. The number of aromatic nitrogens is 2. The molecule has 3 aromatic carbocycles. The van der Waals surface area contributed by atoms with Crippen LogP contribution in [0.2, 0.25) is 5.02 Å². The van der Waals surface area contributed by atoms with Crippen LogP contribution < -0.4 is 5.32 Å². The van der Waals surface area contributed by atoms with E-state index in [0.29, 0.717) is 47.0 Å². The first-order chi connectivity index (χ1) is 16.4. The SMILES string of the molecule is O=C(Nc1cccc(Cl)c1)[C@@H]1CCCN(S(=O)(=O)c2ccc3nc(-c4ccccc4)[nH]c3c2)C1. The Bertz CT molecular complexity index is 1450. The molecule has 0 aliphatic carbocycles. The fourth-order valence-corrected chi connectivity index (χ4v) is 5.96. The maximum absolute atomic E-state index is 13.4. The predicted octanol–water partition coefficient (Wildman–Crippen LogP) is 4.92. The summed E-state index contributed by atoms with van der Waals surface area (Å²) in [5.41, 5.74) is 2.85. The molecular weight excluding hydrogens is 472 g/mol. The highest BCUT2D eigenvalue weighted by Crippen LogP contribution is 2.28. The van der Waals surface area contributed by atoms with Gasteiger partial charge in [-0.3, -0.25) is 4.79 Å². The van der Waals surface area contributed by atoms with Gasteiger partial charge in [-0.2, -0.15) is 4.31 Å². The molecular formula is C25H23ClN4O3S. The molecule has 0 unspecified atom stereocenters. The van der Waals surface area contributed by atoms with Gasteiger partial charge in [-0.15, -0.1) is 0 Å². The smallest absolute Gasteiger partial charge is 0.243 e. The Morgan fingerprint density at radius 3 is 2.68 bits per heavy atom. The number of nitrogens with zero attached hydrogens (tertiary/aromatic N) is 2. The number of hydrogen-bond acceptors (Lipinski definition) is 4. The maximum Gasteiger partial charge on any atom is 0.243 e. The van der Waals surface area contributed by atoms with Crippen LogP contribution in [0.1, 0.15) is 12.8 Å². The molecule has 2 heterocycles. The molecule has 0 saturated carbocycles. The van der Waals surface area contributed by atoms with Crippen LogP contribution in [0, 0.1) is 5.92 Å². The van der Waals surface area contributed by atoms with E-state index in [2.05, 4.69) is 15.3 Å². The number of aromatic amines is 1. The normalized spacial score (nSPS) is 17.0. The second kappa shape index (κ2) is 9.21. The highest BCUT2D eigenvalue weighted by atomic mass is 35.5. The van der Waals surface area contributed by atoms with Crippen molar-refractivity contribution in [3.05, 3.63) is 77.8 Å². The van der Waals surface area contributed by atoms with Crippen molar-refractivity contribution in [3.63, 3.8) is 0 Å². The fraction of sp³-hybridized carbons (Fsp3) is 0.200. The summed E-state index contributed by atoms with van der Waals surface area (Å²) in [6.07, 6.45) is 1.23. The number of hydrogen-bond donors (Lipinski definition) is 2. The fourth-order valence-electron chi connectivity index (χ4n) is 4.22. The van der Waals surface area contributed by atoms with Crippen LogP contribution >= 0.6 is 11.6 Å². The number of benzene rings is 3. The number of carbonyl (C=O) groups is 1. The van der Waals surface area contributed by atoms with E-state index in [1.807, 2.05) is 30.3 Å². The average molecular weight is 495 g/mol. The lowest BCUT2D eigenvalue weighted by Crippen LogP contribution is -2.43. The zero-order valence-electron chi connectivity index (χ0n) is 18.2. The number of rotatable bonds is 5. The maximum atomic E-state index is 13.4. The summed E-state index contributed by atoms with van der Waals surface area (Å²) in [4.78, 5) is 20.8. The van der Waals surface area contributed by atoms with Crippen molar-refractivity contribution < 1.29 is 13.2 Å². The summed E-state index contributed by atoms with van der Waals surface area (Å²) in [5, 5.41) is 3.37. The van der Waals surface area contributed by atoms with Crippen LogP contribution in [0.15, 0.2) is 77.7 Å². The second-order valence-corrected chi connectivity index (χ2v) is 10.7. The van der Waals surface area contributed by atoms with Crippen molar-refractivity contribution >= 4 is 44.3 Å². The van der Waals surface area contributed by atoms with Crippen molar-refractivity contribution in [2.24, 2.45) is 5.92 Å². The quantitative estimate of drug-likeness (QED) is 0.411. The van der Waals surface area contributed by atoms with Crippen LogP contribution in [0.5, 0.6) is 0 Å². The molecule has 2 N–H and O–H groups in total. The van der Waals surface area contributed by atoms with Crippen LogP contribution in [0.4, 0.5) is 5.69 Å². The zero-order chi connectivity index (χ0) is 23.7. The Hall–Kier alpha value is -3.20. The van der Waals surface area contributed by atoms with Crippen LogP contribution in [0.3, 0.4) is 0 Å². The number of halogens is 1. The summed E-state index contributed by atoms with van der Waals surface area (Å²) in [5.74, 6) is 0.0302. The summed E-state index contributed by atoms with van der Waals surface area (Å²) >= 11 is 6.00. The first kappa shape index (κ1) is 22.6. The molecule has 1 saturated heterocycles. The van der Waals surface area contributed by atoms with E-state index in [1.165, 1.54) is 4.31 Å². The highest BCUT2D eigenvalue weighted by Gasteiger charge is 2.33. The molecule has 1 aliphatic heterocycles. The first-order valence-corrected chi connectivity index (χ1v) is 12.8. The topological polar surface area (TPSA) is 95.2 Å². The number of fused-ring (bicyclic) bond motifs is 1. The first-order valence-electron chi connectivity index (χ1n) is 11.0. The predicted molar refractivity (Wildman–Crippen MR) is 133 cm³/mol. The summed E-state index contributed by atoms with van der Waals surface area (Å²) in [6, 6.07) is 21.5. The second-order valence-electron chi connectivity index (χ2n) is 8.33. The van der Waals surface area contributed by atoms with Gasteiger partial charge in [0.05, 0.1) is 21.8 Å². The van der Waals surface area contributed by atoms with Gasteiger partial charge < -0.3 is 10.3 Å². The van der Waals surface area contributed by atoms with Gasteiger partial charge in [-0.1, -0.05) is 48.0 Å². The Kier molecular flexibility index (Phi) is 6.12. The van der Waals surface area contributed by atoms with E-state index in [9.17, 15) is 13.2 Å². The van der Waals surface area contributed by atoms with Crippen molar-refractivity contribution in [2.45, 2.75) is 17.7 Å². The third-order valence-corrected chi connectivity index (χ3v) is 8.08. The van der Waals surface area contributed by atoms with E-state index in [1.54, 1.807) is 42.5 Å². The van der Waals surface area contributed by atoms with E-state index < -0.39 is 15.9 Å². The molecule has 1 aliphatic rings. The monoisotopic (exact) mass is 494 g/mol. The van der Waals surface area contributed by atoms with Gasteiger partial charge in [0.15, 0.2) is 0 Å². The molecule has 1 atom stereocenters. The summed E-state index contributed by atoms with van der Waals surface area (Å²) in [7, 11) is -3.77. The zero-order valence-corrected chi connectivity index (χ0v) is 19.8. The third-order valence-electron chi connectivity index (χ3n) is 5.99. The molecule has 7 nitrogen and oxygen atoms in total. The lowest BCUT2D eigenvalue weighted by Gasteiger charge is -2.31. The average Bonchev–Trinajstić information content (AvgIpc) is 3.28. The van der Waals surface area contributed by atoms with E-state index in [4.69, 9.17) is 11.6 Å². The van der Waals surface area contributed by atoms with E-state index in [-0.39, 0.29) is 17.3 Å². The third kappa shape index (κ3) is 4.57. The van der Waals surface area contributed by atoms with Crippen molar-refractivity contribution in [1.82, 2.24) is 14.3 Å². The van der Waals surface area contributed by atoms with Gasteiger partial charge in [0.25, 0.3) is 0 Å². The minimum Gasteiger partial charge on any atom is -0.338 e. The molecule has 1 fully saturated rings. The largest absolute Gasteiger partial charge is 0.338 e. The summed E-state index contributed by atoms with van der Waals surface area (Å²) in [6.45, 7) is 0.505. The van der Waals surface area contributed by atoms with Gasteiger partial charge in [-0.25, -0.2) is 13.4 Å². The van der Waals surface area contributed by atoms with Crippen LogP contribution in [-0.2, 0) is 14.8 Å². The molecule has 1 amide bonds. The molecule has 174 valence electrons. The Balaban J connectivity index is 1.35. The van der Waals surface area contributed by atoms with Gasteiger partial charge in [-0.05, 0) is 49.2 Å². The minimum absolute atomic E-state index is 0.130. The van der Waals surface area contributed by atoms with Crippen molar-refractivity contribution in [1.29, 1.82) is 0 Å². The molecule has 9 heteroatoms. The van der Waals surface area contributed by atoms with Crippen molar-refractivity contribution in [3.8, 4) is 11.4 Å². The lowest BCUT2D eigenvalue weighted by molar-refractivity contribution is -0.120. The number of amides is 1. The summed E-state index contributed by atoms with van der Waals surface area (Å²) < 4.78 is 28.2. The number of piperidine rings is 1. The highest BCUT2D eigenvalue weighted by molar-refractivity contribution is 7.89. The Morgan fingerprint density at radius 2 is 1.88 bits per heavy atom. The van der Waals surface area contributed by atoms with Crippen LogP contribution in [0.25, 0.3) is 22.4 Å². The number of imidazole rings is 1. The van der Waals surface area contributed by atoms with Gasteiger partial charge in [0.1, 0.15) is 5.82 Å². The Morgan fingerprint density at radius 1 is 1.06 bits per heavy atom. The molecule has 34 heavy (non-hydrogen) atoms. The Labute approximate surface area is 202 Å². The van der Waals surface area contributed by atoms with Crippen molar-refractivity contribution in [2.75, 3.05) is 18.4 Å². The number of H-pyrrole nitrogens is 1. The minimum atomic E-state index is -3.77. The van der Waals surface area contributed by atoms with E-state index >= 15 is 0 Å². The number of anilines is 1. The number of carbonyl (C=O) groups excluding carboxylic acids is 1. The molecule has 0 radical (unpaired) electrons. The number of sulfonamides is 1. The molecule has 4 aromatic rings. The molecule has 1 aromatic heterocycles. The lowest BCUT2D eigenvalue weighted by atomic mass is 9.99. The van der Waals surface area contributed by atoms with Crippen LogP contribution in [-0.4, -0.2) is 41.7 Å². The van der Waals surface area contributed by atoms with E-state index in [0.717, 1.165) is 5.56 Å². The molecule has 0 bridgehead atoms. The molecule has 0 spiro atoms. The van der Waals surface area contributed by atoms with Gasteiger partial charge in [0.2, 0.25) is 15.9 Å². The molecule has 5 rings (SSSR count).